The van der Waals surface area contributed by atoms with Crippen LogP contribution in [0.2, 0.25) is 0 Å². The number of nitrogens with two attached hydrogens (primary N) is 1. The van der Waals surface area contributed by atoms with Gasteiger partial charge in [0.15, 0.2) is 0 Å². The minimum atomic E-state index is -1.05. The van der Waals surface area contributed by atoms with E-state index in [2.05, 4.69) is 0 Å². The second-order valence-electron chi connectivity index (χ2n) is 2.21. The highest BCUT2D eigenvalue weighted by atomic mass is 16.4. The van der Waals surface area contributed by atoms with Crippen molar-refractivity contribution in [2.75, 3.05) is 0 Å². The van der Waals surface area contributed by atoms with Crippen molar-refractivity contribution in [3.8, 4) is 6.07 Å². The summed E-state index contributed by atoms with van der Waals surface area (Å²) in [6.07, 6.45) is 0.214. The van der Waals surface area contributed by atoms with Gasteiger partial charge in [-0.25, -0.2) is 0 Å². The fraction of sp³-hybridized carbons (Fsp3) is 0.667. The lowest BCUT2D eigenvalue weighted by atomic mass is 10.0. The Kier molecular flexibility index (Phi) is 3.44. The third kappa shape index (κ3) is 3.05. The van der Waals surface area contributed by atoms with Gasteiger partial charge in [0.25, 0.3) is 0 Å². The number of hydrogen-bond donors (Lipinski definition) is 2. The molecule has 0 saturated heterocycles. The maximum absolute atomic E-state index is 10.1. The Labute approximate surface area is 59.3 Å². The third-order valence-electron chi connectivity index (χ3n) is 1.15. The number of aliphatic carboxylic acids is 1. The number of carboxylic acid groups (broad SMARTS) is 1. The van der Waals surface area contributed by atoms with E-state index in [4.69, 9.17) is 16.1 Å². The molecule has 0 aromatic carbocycles. The van der Waals surface area contributed by atoms with Crippen molar-refractivity contribution >= 4 is 5.97 Å². The number of carboxylic acids is 1. The molecule has 0 aliphatic heterocycles. The summed E-state index contributed by atoms with van der Waals surface area (Å²) in [5.74, 6) is -1.34. The van der Waals surface area contributed by atoms with Gasteiger partial charge in [0.05, 0.1) is 6.07 Å². The van der Waals surface area contributed by atoms with Crippen LogP contribution in [0.4, 0.5) is 0 Å². The van der Waals surface area contributed by atoms with E-state index >= 15 is 0 Å². The topological polar surface area (TPSA) is 87.1 Å². The second kappa shape index (κ2) is 3.85. The van der Waals surface area contributed by atoms with Gasteiger partial charge in [-0.05, 0) is 13.3 Å². The molecule has 4 heteroatoms. The van der Waals surface area contributed by atoms with Crippen LogP contribution in [0.25, 0.3) is 0 Å². The van der Waals surface area contributed by atoms with E-state index in [1.54, 1.807) is 6.92 Å². The molecule has 0 aromatic rings. The van der Waals surface area contributed by atoms with Crippen LogP contribution in [0.5, 0.6) is 0 Å². The van der Waals surface area contributed by atoms with Crippen LogP contribution < -0.4 is 5.73 Å². The van der Waals surface area contributed by atoms with Gasteiger partial charge in [-0.15, -0.1) is 0 Å². The summed E-state index contributed by atoms with van der Waals surface area (Å²) >= 11 is 0. The Morgan fingerprint density at radius 2 is 2.40 bits per heavy atom. The average Bonchev–Trinajstić information content (AvgIpc) is 1.87. The largest absolute Gasteiger partial charge is 0.480 e. The Morgan fingerprint density at radius 3 is 2.70 bits per heavy atom. The first-order chi connectivity index (χ1) is 4.57. The Morgan fingerprint density at radius 1 is 1.90 bits per heavy atom. The molecule has 56 valence electrons. The third-order valence-corrected chi connectivity index (χ3v) is 1.15. The lowest BCUT2D eigenvalue weighted by molar-refractivity contribution is -0.138. The molecule has 0 fully saturated rings. The van der Waals surface area contributed by atoms with E-state index in [-0.39, 0.29) is 12.3 Å². The van der Waals surface area contributed by atoms with Gasteiger partial charge in [0.1, 0.15) is 6.04 Å². The molecule has 0 aliphatic rings. The van der Waals surface area contributed by atoms with Gasteiger partial charge in [-0.3, -0.25) is 4.79 Å². The Hall–Kier alpha value is -1.08. The minimum absolute atomic E-state index is 0.214. The molecular weight excluding hydrogens is 132 g/mol. The van der Waals surface area contributed by atoms with Crippen LogP contribution in [0, 0.1) is 17.2 Å². The van der Waals surface area contributed by atoms with Crippen molar-refractivity contribution in [1.82, 2.24) is 0 Å². The molecule has 0 aliphatic carbocycles. The number of hydrogen-bond acceptors (Lipinski definition) is 3. The zero-order valence-electron chi connectivity index (χ0n) is 5.74. The summed E-state index contributed by atoms with van der Waals surface area (Å²) in [6, 6.07) is 1.000. The molecule has 0 heterocycles. The van der Waals surface area contributed by atoms with Crippen molar-refractivity contribution in [1.29, 1.82) is 5.26 Å². The lowest BCUT2D eigenvalue weighted by Crippen LogP contribution is -2.31. The molecule has 0 aromatic heterocycles. The minimum Gasteiger partial charge on any atom is -0.480 e. The standard InChI is InChI=1S/C6H10N2O2/c1-4(3-7)2-5(8)6(9)10/h4-5H,2,8H2,1H3,(H,9,10)/t4?,5-/m1/s1. The van der Waals surface area contributed by atoms with Crippen molar-refractivity contribution in [2.45, 2.75) is 19.4 Å². The molecule has 0 amide bonds. The van der Waals surface area contributed by atoms with Gasteiger partial charge in [0.2, 0.25) is 0 Å². The maximum Gasteiger partial charge on any atom is 0.320 e. The Bertz CT molecular complexity index is 162. The van der Waals surface area contributed by atoms with Crippen LogP contribution in [0.3, 0.4) is 0 Å². The number of nitrogens with zero attached hydrogens (tertiary/aromatic N) is 1. The molecule has 10 heavy (non-hydrogen) atoms. The molecular formula is C6H10N2O2. The molecule has 0 bridgehead atoms. The molecule has 1 unspecified atom stereocenters. The number of carbonyl (C=O) groups is 1. The van der Waals surface area contributed by atoms with E-state index < -0.39 is 12.0 Å². The van der Waals surface area contributed by atoms with Crippen molar-refractivity contribution in [2.24, 2.45) is 11.7 Å². The summed E-state index contributed by atoms with van der Waals surface area (Å²) in [6.45, 7) is 1.64. The van der Waals surface area contributed by atoms with Crippen LogP contribution >= 0.6 is 0 Å². The molecule has 0 rings (SSSR count). The smallest absolute Gasteiger partial charge is 0.320 e. The quantitative estimate of drug-likeness (QED) is 0.578. The predicted octanol–water partition coefficient (Wildman–Crippen LogP) is -0.0519. The van der Waals surface area contributed by atoms with Crippen LogP contribution in [0.1, 0.15) is 13.3 Å². The Balaban J connectivity index is 3.70. The summed E-state index contributed by atoms with van der Waals surface area (Å²) in [4.78, 5) is 10.1. The number of rotatable bonds is 3. The van der Waals surface area contributed by atoms with Crippen molar-refractivity contribution in [3.05, 3.63) is 0 Å². The molecule has 0 saturated carbocycles. The maximum atomic E-state index is 10.1. The fourth-order valence-corrected chi connectivity index (χ4v) is 0.534. The van der Waals surface area contributed by atoms with Gasteiger partial charge in [-0.1, -0.05) is 0 Å². The zero-order valence-corrected chi connectivity index (χ0v) is 5.74. The monoisotopic (exact) mass is 142 g/mol. The molecule has 2 atom stereocenters. The highest BCUT2D eigenvalue weighted by molar-refractivity contribution is 5.73. The first kappa shape index (κ1) is 8.92. The van der Waals surface area contributed by atoms with E-state index in [1.807, 2.05) is 6.07 Å². The normalized spacial score (nSPS) is 15.3. The lowest BCUT2D eigenvalue weighted by Gasteiger charge is -2.05. The van der Waals surface area contributed by atoms with Crippen molar-refractivity contribution in [3.63, 3.8) is 0 Å². The molecule has 4 nitrogen and oxygen atoms in total. The van der Waals surface area contributed by atoms with E-state index in [0.717, 1.165) is 0 Å². The number of nitriles is 1. The molecule has 0 spiro atoms. The second-order valence-corrected chi connectivity index (χ2v) is 2.21. The van der Waals surface area contributed by atoms with E-state index in [0.29, 0.717) is 0 Å². The van der Waals surface area contributed by atoms with Crippen molar-refractivity contribution < 1.29 is 9.90 Å². The van der Waals surface area contributed by atoms with Gasteiger partial charge >= 0.3 is 5.97 Å². The highest BCUT2D eigenvalue weighted by Crippen LogP contribution is 2.01. The first-order valence-electron chi connectivity index (χ1n) is 2.96. The summed E-state index contributed by atoms with van der Waals surface area (Å²) in [7, 11) is 0. The summed E-state index contributed by atoms with van der Waals surface area (Å²) < 4.78 is 0. The van der Waals surface area contributed by atoms with Crippen LogP contribution in [-0.2, 0) is 4.79 Å². The van der Waals surface area contributed by atoms with Gasteiger partial charge in [-0.2, -0.15) is 5.26 Å². The summed E-state index contributed by atoms with van der Waals surface area (Å²) in [5.41, 5.74) is 5.14. The first-order valence-corrected chi connectivity index (χ1v) is 2.96. The van der Waals surface area contributed by atoms with E-state index in [9.17, 15) is 4.79 Å². The highest BCUT2D eigenvalue weighted by Gasteiger charge is 2.14. The molecule has 3 N–H and O–H groups in total. The SMILES string of the molecule is CC(C#N)C[C@@H](N)C(=O)O. The summed E-state index contributed by atoms with van der Waals surface area (Å²) in [5, 5.41) is 16.6. The average molecular weight is 142 g/mol. The van der Waals surface area contributed by atoms with Crippen LogP contribution in [-0.4, -0.2) is 17.1 Å². The predicted molar refractivity (Wildman–Crippen MR) is 35.0 cm³/mol. The van der Waals surface area contributed by atoms with Crippen LogP contribution in [0.15, 0.2) is 0 Å². The molecule has 0 radical (unpaired) electrons. The zero-order chi connectivity index (χ0) is 8.15. The van der Waals surface area contributed by atoms with Gasteiger partial charge < -0.3 is 10.8 Å². The van der Waals surface area contributed by atoms with Gasteiger partial charge in [0, 0.05) is 5.92 Å². The fourth-order valence-electron chi connectivity index (χ4n) is 0.534. The van der Waals surface area contributed by atoms with E-state index in [1.165, 1.54) is 0 Å².